The van der Waals surface area contributed by atoms with Crippen molar-refractivity contribution in [2.75, 3.05) is 0 Å². The van der Waals surface area contributed by atoms with E-state index in [1.807, 2.05) is 18.3 Å². The zero-order chi connectivity index (χ0) is 8.10. The summed E-state index contributed by atoms with van der Waals surface area (Å²) in [5, 5.41) is 7.78. The second kappa shape index (κ2) is 3.43. The standard InChI is InChI=1S/C8H7N.CHN/c1-2-4-8-7(3-1)5-6-9-8;1-2/h1-6,9H;1H. The molecule has 0 aliphatic carbocycles. The molecule has 0 unspecified atom stereocenters. The van der Waals surface area contributed by atoms with Crippen molar-refractivity contribution in [1.82, 2.24) is 4.98 Å². The van der Waals surface area contributed by atoms with Gasteiger partial charge in [0, 0.05) is 18.3 Å². The van der Waals surface area contributed by atoms with Gasteiger partial charge in [-0.2, -0.15) is 0 Å². The Balaban J connectivity index is 0.000000281. The summed E-state index contributed by atoms with van der Waals surface area (Å²) >= 11 is 0. The Labute approximate surface area is 65.1 Å². The van der Waals surface area contributed by atoms with E-state index in [0.29, 0.717) is 0 Å². The van der Waals surface area contributed by atoms with Gasteiger partial charge in [-0.3, -0.25) is 0 Å². The second-order valence-corrected chi connectivity index (χ2v) is 2.06. The fourth-order valence-electron chi connectivity index (χ4n) is 0.995. The maximum Gasteiger partial charge on any atom is 0.0462 e. The zero-order valence-corrected chi connectivity index (χ0v) is 5.99. The molecule has 11 heavy (non-hydrogen) atoms. The predicted octanol–water partition coefficient (Wildman–Crippen LogP) is 2.31. The van der Waals surface area contributed by atoms with E-state index in [2.05, 4.69) is 29.8 Å². The molecule has 2 nitrogen and oxygen atoms in total. The van der Waals surface area contributed by atoms with Crippen LogP contribution in [0.3, 0.4) is 0 Å². The topological polar surface area (TPSA) is 39.6 Å². The lowest BCUT2D eigenvalue weighted by Crippen LogP contribution is -1.61. The smallest absolute Gasteiger partial charge is 0.0462 e. The van der Waals surface area contributed by atoms with Crippen LogP contribution in [0.1, 0.15) is 0 Å². The molecule has 0 spiro atoms. The highest BCUT2D eigenvalue weighted by Gasteiger charge is 1.86. The number of benzene rings is 1. The fourth-order valence-corrected chi connectivity index (χ4v) is 0.995. The molecule has 0 aliphatic rings. The van der Waals surface area contributed by atoms with Crippen molar-refractivity contribution < 1.29 is 0 Å². The minimum atomic E-state index is 1.21. The summed E-state index contributed by atoms with van der Waals surface area (Å²) in [5.41, 5.74) is 1.21. The molecule has 0 atom stereocenters. The molecule has 2 aromatic rings. The third kappa shape index (κ3) is 1.39. The highest BCUT2D eigenvalue weighted by Crippen LogP contribution is 2.09. The van der Waals surface area contributed by atoms with Crippen molar-refractivity contribution in [2.45, 2.75) is 0 Å². The number of nitriles is 1. The Morgan fingerprint density at radius 1 is 1.09 bits per heavy atom. The molecular formula is C9H8N2. The molecule has 1 aromatic carbocycles. The van der Waals surface area contributed by atoms with Gasteiger partial charge in [0.05, 0.1) is 0 Å². The molecule has 0 aliphatic heterocycles. The van der Waals surface area contributed by atoms with Crippen LogP contribution in [0.25, 0.3) is 10.9 Å². The van der Waals surface area contributed by atoms with Crippen molar-refractivity contribution in [1.29, 1.82) is 5.26 Å². The van der Waals surface area contributed by atoms with Crippen LogP contribution < -0.4 is 0 Å². The second-order valence-electron chi connectivity index (χ2n) is 2.06. The summed E-state index contributed by atoms with van der Waals surface area (Å²) in [5.74, 6) is 0. The quantitative estimate of drug-likeness (QED) is 0.605. The van der Waals surface area contributed by atoms with Crippen LogP contribution in [0.5, 0.6) is 0 Å². The number of hydrogen-bond donors (Lipinski definition) is 1. The molecule has 54 valence electrons. The lowest BCUT2D eigenvalue weighted by atomic mass is 10.3. The summed E-state index contributed by atoms with van der Waals surface area (Å²) in [7, 11) is 0. The van der Waals surface area contributed by atoms with Crippen molar-refractivity contribution >= 4 is 10.9 Å². The summed E-state index contributed by atoms with van der Waals surface area (Å²) < 4.78 is 0. The highest BCUT2D eigenvalue weighted by molar-refractivity contribution is 5.78. The Kier molecular flexibility index (Phi) is 2.29. The molecule has 0 amide bonds. The third-order valence-corrected chi connectivity index (χ3v) is 1.46. The maximum atomic E-state index is 6.50. The summed E-state index contributed by atoms with van der Waals surface area (Å²) in [4.78, 5) is 3.12. The van der Waals surface area contributed by atoms with Gasteiger partial charge in [-0.15, -0.1) is 0 Å². The molecule has 0 fully saturated rings. The Morgan fingerprint density at radius 3 is 2.55 bits per heavy atom. The van der Waals surface area contributed by atoms with Crippen molar-refractivity contribution in [3.05, 3.63) is 36.5 Å². The van der Waals surface area contributed by atoms with Crippen LogP contribution in [0.2, 0.25) is 0 Å². The van der Waals surface area contributed by atoms with Crippen LogP contribution >= 0.6 is 0 Å². The molecule has 0 saturated carbocycles. The van der Waals surface area contributed by atoms with Crippen molar-refractivity contribution in [3.8, 4) is 6.57 Å². The number of nitrogens with one attached hydrogen (secondary N) is 1. The van der Waals surface area contributed by atoms with Gasteiger partial charge in [-0.1, -0.05) is 18.2 Å². The average molecular weight is 144 g/mol. The fraction of sp³-hybridized carbons (Fsp3) is 0. The van der Waals surface area contributed by atoms with Crippen LogP contribution in [0.4, 0.5) is 0 Å². The van der Waals surface area contributed by atoms with E-state index >= 15 is 0 Å². The zero-order valence-electron chi connectivity index (χ0n) is 5.99. The van der Waals surface area contributed by atoms with Gasteiger partial charge in [-0.05, 0) is 17.5 Å². The first kappa shape index (κ1) is 7.36. The first-order valence-electron chi connectivity index (χ1n) is 3.25. The molecular weight excluding hydrogens is 136 g/mol. The van der Waals surface area contributed by atoms with Crippen molar-refractivity contribution in [2.24, 2.45) is 0 Å². The predicted molar refractivity (Wildman–Crippen MR) is 45.0 cm³/mol. The average Bonchev–Trinajstić information content (AvgIpc) is 2.55. The first-order chi connectivity index (χ1) is 5.47. The summed E-state index contributed by atoms with van der Waals surface area (Å²) in [6, 6.07) is 10.3. The number of aromatic amines is 1. The van der Waals surface area contributed by atoms with Gasteiger partial charge in [0.2, 0.25) is 0 Å². The number of H-pyrrole nitrogens is 1. The Hall–Kier alpha value is -1.75. The van der Waals surface area contributed by atoms with E-state index in [1.165, 1.54) is 10.9 Å². The highest BCUT2D eigenvalue weighted by atomic mass is 14.6. The van der Waals surface area contributed by atoms with E-state index < -0.39 is 0 Å². The maximum absolute atomic E-state index is 6.50. The molecule has 1 N–H and O–H groups in total. The van der Waals surface area contributed by atoms with Gasteiger partial charge in [-0.25, -0.2) is 5.26 Å². The minimum absolute atomic E-state index is 1.21. The first-order valence-corrected chi connectivity index (χ1v) is 3.25. The van der Waals surface area contributed by atoms with Gasteiger partial charge in [0.25, 0.3) is 0 Å². The van der Waals surface area contributed by atoms with E-state index in [-0.39, 0.29) is 0 Å². The van der Waals surface area contributed by atoms with E-state index in [1.54, 1.807) is 0 Å². The van der Waals surface area contributed by atoms with Crippen LogP contribution in [0, 0.1) is 11.8 Å². The molecule has 0 saturated heterocycles. The normalized spacial score (nSPS) is 8.55. The number of nitrogens with zero attached hydrogens (tertiary/aromatic N) is 1. The largest absolute Gasteiger partial charge is 0.361 e. The SMILES string of the molecule is C#N.c1ccc2[nH]ccc2c1. The summed E-state index contributed by atoms with van der Waals surface area (Å²) in [6.07, 6.45) is 1.95. The Morgan fingerprint density at radius 2 is 1.82 bits per heavy atom. The van der Waals surface area contributed by atoms with Gasteiger partial charge < -0.3 is 4.98 Å². The van der Waals surface area contributed by atoms with Crippen LogP contribution in [0.15, 0.2) is 36.5 Å². The number of fused-ring (bicyclic) bond motifs is 1. The number of rotatable bonds is 0. The minimum Gasteiger partial charge on any atom is -0.361 e. The Bertz CT molecular complexity index is 316. The monoisotopic (exact) mass is 144 g/mol. The van der Waals surface area contributed by atoms with Crippen LogP contribution in [-0.4, -0.2) is 4.98 Å². The van der Waals surface area contributed by atoms with Gasteiger partial charge >= 0.3 is 0 Å². The molecule has 2 heteroatoms. The molecule has 0 bridgehead atoms. The summed E-state index contributed by atoms with van der Waals surface area (Å²) in [6.45, 7) is 3.50. The number of para-hydroxylation sites is 1. The number of hydrogen-bond acceptors (Lipinski definition) is 1. The van der Waals surface area contributed by atoms with E-state index in [4.69, 9.17) is 5.26 Å². The molecule has 2 rings (SSSR count). The van der Waals surface area contributed by atoms with E-state index in [0.717, 1.165) is 0 Å². The number of aromatic nitrogens is 1. The lowest BCUT2D eigenvalue weighted by Gasteiger charge is -1.83. The van der Waals surface area contributed by atoms with Crippen LogP contribution in [-0.2, 0) is 0 Å². The molecule has 0 radical (unpaired) electrons. The van der Waals surface area contributed by atoms with E-state index in [9.17, 15) is 0 Å². The molecule has 1 heterocycles. The molecule has 1 aromatic heterocycles. The third-order valence-electron chi connectivity index (χ3n) is 1.46. The van der Waals surface area contributed by atoms with Crippen molar-refractivity contribution in [3.63, 3.8) is 0 Å². The lowest BCUT2D eigenvalue weighted by molar-refractivity contribution is 1.48. The van der Waals surface area contributed by atoms with Gasteiger partial charge in [0.1, 0.15) is 0 Å². The van der Waals surface area contributed by atoms with Gasteiger partial charge in [0.15, 0.2) is 0 Å².